The first-order chi connectivity index (χ1) is 10.6. The minimum absolute atomic E-state index is 0. The standard InChI is InChI=1S/C17H25FN2O2.ClH/c1-13(2)12-22-9-6-17(21)20-8-7-19-11-16(20)14-4-3-5-15(18)10-14;/h3-5,10,13,16,19H,6-9,11-12H2,1-2H3;1H. The molecule has 1 fully saturated rings. The van der Waals surface area contributed by atoms with Gasteiger partial charge >= 0.3 is 0 Å². The Hall–Kier alpha value is -1.17. The molecule has 1 aromatic carbocycles. The van der Waals surface area contributed by atoms with Gasteiger partial charge in [0, 0.05) is 26.2 Å². The van der Waals surface area contributed by atoms with E-state index in [-0.39, 0.29) is 30.2 Å². The summed E-state index contributed by atoms with van der Waals surface area (Å²) in [6.45, 7) is 7.34. The molecule has 4 nitrogen and oxygen atoms in total. The van der Waals surface area contributed by atoms with Crippen LogP contribution in [0.15, 0.2) is 24.3 Å². The molecule has 0 saturated carbocycles. The normalized spacial score (nSPS) is 17.9. The highest BCUT2D eigenvalue weighted by atomic mass is 35.5. The van der Waals surface area contributed by atoms with Crippen LogP contribution in [0.3, 0.4) is 0 Å². The molecule has 130 valence electrons. The second-order valence-electron chi connectivity index (χ2n) is 6.08. The van der Waals surface area contributed by atoms with Crippen molar-refractivity contribution in [1.82, 2.24) is 10.2 Å². The Labute approximate surface area is 143 Å². The van der Waals surface area contributed by atoms with Crippen molar-refractivity contribution in [3.8, 4) is 0 Å². The van der Waals surface area contributed by atoms with Gasteiger partial charge in [0.15, 0.2) is 0 Å². The number of rotatable bonds is 6. The van der Waals surface area contributed by atoms with Crippen molar-refractivity contribution in [2.75, 3.05) is 32.8 Å². The summed E-state index contributed by atoms with van der Waals surface area (Å²) in [6, 6.07) is 6.38. The molecule has 0 bridgehead atoms. The van der Waals surface area contributed by atoms with Crippen LogP contribution in [0, 0.1) is 11.7 Å². The molecular weight excluding hydrogens is 319 g/mol. The number of carbonyl (C=O) groups is 1. The third-order valence-corrected chi connectivity index (χ3v) is 3.71. The first-order valence-corrected chi connectivity index (χ1v) is 7.91. The number of halogens is 2. The summed E-state index contributed by atoms with van der Waals surface area (Å²) >= 11 is 0. The van der Waals surface area contributed by atoms with Crippen LogP contribution in [0.5, 0.6) is 0 Å². The number of piperazine rings is 1. The molecule has 1 atom stereocenters. The molecule has 1 heterocycles. The van der Waals surface area contributed by atoms with Crippen LogP contribution in [0.4, 0.5) is 4.39 Å². The van der Waals surface area contributed by atoms with Crippen molar-refractivity contribution >= 4 is 18.3 Å². The van der Waals surface area contributed by atoms with Gasteiger partial charge < -0.3 is 15.0 Å². The molecule has 0 aliphatic carbocycles. The van der Waals surface area contributed by atoms with Gasteiger partial charge in [-0.25, -0.2) is 4.39 Å². The Bertz CT molecular complexity index is 499. The topological polar surface area (TPSA) is 41.6 Å². The zero-order valence-corrected chi connectivity index (χ0v) is 14.6. The van der Waals surface area contributed by atoms with Crippen LogP contribution in [-0.2, 0) is 9.53 Å². The molecule has 0 radical (unpaired) electrons. The minimum atomic E-state index is -0.268. The monoisotopic (exact) mass is 344 g/mol. The van der Waals surface area contributed by atoms with E-state index >= 15 is 0 Å². The van der Waals surface area contributed by atoms with Crippen LogP contribution in [0.2, 0.25) is 0 Å². The van der Waals surface area contributed by atoms with Gasteiger partial charge in [-0.3, -0.25) is 4.79 Å². The van der Waals surface area contributed by atoms with Crippen molar-refractivity contribution in [2.45, 2.75) is 26.3 Å². The van der Waals surface area contributed by atoms with Crippen molar-refractivity contribution < 1.29 is 13.9 Å². The molecule has 1 aliphatic rings. The molecule has 1 saturated heterocycles. The van der Waals surface area contributed by atoms with Crippen LogP contribution in [0.1, 0.15) is 31.9 Å². The van der Waals surface area contributed by atoms with Crippen molar-refractivity contribution in [3.63, 3.8) is 0 Å². The molecule has 0 aromatic heterocycles. The van der Waals surface area contributed by atoms with Gasteiger partial charge in [-0.15, -0.1) is 12.4 Å². The average molecular weight is 345 g/mol. The number of nitrogens with zero attached hydrogens (tertiary/aromatic N) is 1. The highest BCUT2D eigenvalue weighted by molar-refractivity contribution is 5.85. The summed E-state index contributed by atoms with van der Waals surface area (Å²) in [4.78, 5) is 14.3. The number of amides is 1. The summed E-state index contributed by atoms with van der Waals surface area (Å²) in [5.74, 6) is 0.268. The number of benzene rings is 1. The molecule has 2 rings (SSSR count). The fraction of sp³-hybridized carbons (Fsp3) is 0.588. The van der Waals surface area contributed by atoms with Gasteiger partial charge in [-0.05, 0) is 23.6 Å². The van der Waals surface area contributed by atoms with Gasteiger partial charge in [0.25, 0.3) is 0 Å². The fourth-order valence-corrected chi connectivity index (χ4v) is 2.64. The van der Waals surface area contributed by atoms with E-state index in [1.165, 1.54) is 12.1 Å². The van der Waals surface area contributed by atoms with Crippen LogP contribution in [-0.4, -0.2) is 43.7 Å². The van der Waals surface area contributed by atoms with E-state index in [1.54, 1.807) is 6.07 Å². The van der Waals surface area contributed by atoms with E-state index in [0.717, 1.165) is 12.1 Å². The van der Waals surface area contributed by atoms with E-state index in [0.29, 0.717) is 38.6 Å². The number of ether oxygens (including phenoxy) is 1. The zero-order valence-electron chi connectivity index (χ0n) is 13.8. The number of hydrogen-bond acceptors (Lipinski definition) is 3. The lowest BCUT2D eigenvalue weighted by molar-refractivity contribution is -0.135. The first-order valence-electron chi connectivity index (χ1n) is 7.91. The lowest BCUT2D eigenvalue weighted by Gasteiger charge is -2.36. The Morgan fingerprint density at radius 2 is 2.26 bits per heavy atom. The predicted octanol–water partition coefficient (Wildman–Crippen LogP) is 2.78. The molecule has 1 unspecified atom stereocenters. The summed E-state index contributed by atoms with van der Waals surface area (Å²) in [7, 11) is 0. The summed E-state index contributed by atoms with van der Waals surface area (Å²) in [6.07, 6.45) is 0.374. The Morgan fingerprint density at radius 1 is 1.48 bits per heavy atom. The quantitative estimate of drug-likeness (QED) is 0.807. The van der Waals surface area contributed by atoms with E-state index in [2.05, 4.69) is 19.2 Å². The molecule has 1 aromatic rings. The molecule has 1 aliphatic heterocycles. The minimum Gasteiger partial charge on any atom is -0.381 e. The SMILES string of the molecule is CC(C)COCCC(=O)N1CCNCC1c1cccc(F)c1.Cl. The molecule has 1 amide bonds. The van der Waals surface area contributed by atoms with Gasteiger partial charge in [0.05, 0.1) is 19.1 Å². The Kier molecular flexibility index (Phi) is 8.52. The highest BCUT2D eigenvalue weighted by Crippen LogP contribution is 2.23. The largest absolute Gasteiger partial charge is 0.381 e. The van der Waals surface area contributed by atoms with Crippen molar-refractivity contribution in [2.24, 2.45) is 5.92 Å². The van der Waals surface area contributed by atoms with E-state index in [1.807, 2.05) is 11.0 Å². The zero-order chi connectivity index (χ0) is 15.9. The fourth-order valence-electron chi connectivity index (χ4n) is 2.64. The van der Waals surface area contributed by atoms with Crippen molar-refractivity contribution in [1.29, 1.82) is 0 Å². The maximum absolute atomic E-state index is 13.4. The summed E-state index contributed by atoms with van der Waals surface area (Å²) in [5.41, 5.74) is 0.837. The summed E-state index contributed by atoms with van der Waals surface area (Å²) in [5, 5.41) is 3.27. The second-order valence-corrected chi connectivity index (χ2v) is 6.08. The van der Waals surface area contributed by atoms with E-state index < -0.39 is 0 Å². The van der Waals surface area contributed by atoms with Gasteiger partial charge in [0.2, 0.25) is 5.91 Å². The van der Waals surface area contributed by atoms with Crippen molar-refractivity contribution in [3.05, 3.63) is 35.6 Å². The maximum atomic E-state index is 13.4. The summed E-state index contributed by atoms with van der Waals surface area (Å²) < 4.78 is 18.9. The number of hydrogen-bond donors (Lipinski definition) is 1. The molecular formula is C17H26ClFN2O2. The smallest absolute Gasteiger partial charge is 0.225 e. The van der Waals surface area contributed by atoms with E-state index in [4.69, 9.17) is 4.74 Å². The van der Waals surface area contributed by atoms with E-state index in [9.17, 15) is 9.18 Å². The Morgan fingerprint density at radius 3 is 2.96 bits per heavy atom. The predicted molar refractivity (Wildman–Crippen MR) is 91.2 cm³/mol. The average Bonchev–Trinajstić information content (AvgIpc) is 2.51. The Balaban J connectivity index is 0.00000264. The molecule has 0 spiro atoms. The lowest BCUT2D eigenvalue weighted by atomic mass is 10.0. The molecule has 23 heavy (non-hydrogen) atoms. The molecule has 6 heteroatoms. The van der Waals surface area contributed by atoms with Gasteiger partial charge in [-0.1, -0.05) is 26.0 Å². The van der Waals surface area contributed by atoms with Gasteiger partial charge in [-0.2, -0.15) is 0 Å². The third kappa shape index (κ3) is 6.09. The highest BCUT2D eigenvalue weighted by Gasteiger charge is 2.27. The van der Waals surface area contributed by atoms with Crippen LogP contribution < -0.4 is 5.32 Å². The number of nitrogens with one attached hydrogen (secondary N) is 1. The first kappa shape index (κ1) is 19.9. The number of carbonyl (C=O) groups excluding carboxylic acids is 1. The maximum Gasteiger partial charge on any atom is 0.225 e. The van der Waals surface area contributed by atoms with Crippen LogP contribution >= 0.6 is 12.4 Å². The van der Waals surface area contributed by atoms with Gasteiger partial charge in [0.1, 0.15) is 5.82 Å². The molecule has 1 N–H and O–H groups in total. The lowest BCUT2D eigenvalue weighted by Crippen LogP contribution is -2.48. The second kappa shape index (κ2) is 9.85. The third-order valence-electron chi connectivity index (χ3n) is 3.71. The van der Waals surface area contributed by atoms with Crippen LogP contribution in [0.25, 0.3) is 0 Å².